The predicted molar refractivity (Wildman–Crippen MR) is 73.8 cm³/mol. The number of furan rings is 1. The van der Waals surface area contributed by atoms with Crippen molar-refractivity contribution in [2.75, 3.05) is 0 Å². The maximum atomic E-state index is 11.7. The van der Waals surface area contributed by atoms with Crippen molar-refractivity contribution in [1.29, 1.82) is 0 Å². The van der Waals surface area contributed by atoms with E-state index in [-0.39, 0.29) is 9.56 Å². The Kier molecular flexibility index (Phi) is 4.66. The highest BCUT2D eigenvalue weighted by Crippen LogP contribution is 2.24. The van der Waals surface area contributed by atoms with Crippen molar-refractivity contribution in [3.05, 3.63) is 60.1 Å². The van der Waals surface area contributed by atoms with Crippen LogP contribution < -0.4 is 0 Å². The van der Waals surface area contributed by atoms with Gasteiger partial charge < -0.3 is 4.42 Å². The van der Waals surface area contributed by atoms with E-state index < -0.39 is 0 Å². The normalized spacial score (nSPS) is 10.2. The van der Waals surface area contributed by atoms with Crippen molar-refractivity contribution >= 4 is 33.1 Å². The lowest BCUT2D eigenvalue weighted by molar-refractivity contribution is 0.109. The van der Waals surface area contributed by atoms with Crippen LogP contribution in [-0.4, -0.2) is 9.56 Å². The summed E-state index contributed by atoms with van der Waals surface area (Å²) >= 11 is 1.78. The van der Waals surface area contributed by atoms with Gasteiger partial charge in [0.25, 0.3) is 4.45 Å². The SMILES string of the molecule is O=C(SCc1ccco1)SC(=O)c1ccccc1. The third-order valence-corrected chi connectivity index (χ3v) is 3.95. The van der Waals surface area contributed by atoms with Gasteiger partial charge in [0.15, 0.2) is 0 Å². The molecule has 0 atom stereocenters. The number of rotatable bonds is 3. The molecule has 0 bridgehead atoms. The van der Waals surface area contributed by atoms with Crippen LogP contribution >= 0.6 is 23.5 Å². The van der Waals surface area contributed by atoms with Gasteiger partial charge in [-0.2, -0.15) is 0 Å². The van der Waals surface area contributed by atoms with Gasteiger partial charge in [-0.05, 0) is 12.1 Å². The summed E-state index contributed by atoms with van der Waals surface area (Å²) in [6.45, 7) is 0. The molecule has 1 aromatic carbocycles. The molecular formula is C13H10O3S2. The summed E-state index contributed by atoms with van der Waals surface area (Å²) in [7, 11) is 0. The van der Waals surface area contributed by atoms with Crippen LogP contribution in [0.3, 0.4) is 0 Å². The van der Waals surface area contributed by atoms with Crippen LogP contribution in [0.4, 0.5) is 4.79 Å². The fourth-order valence-corrected chi connectivity index (χ4v) is 2.73. The minimum atomic E-state index is -0.229. The third-order valence-electron chi connectivity index (χ3n) is 2.10. The Hall–Kier alpha value is -1.46. The van der Waals surface area contributed by atoms with Gasteiger partial charge in [0.1, 0.15) is 5.76 Å². The van der Waals surface area contributed by atoms with Crippen molar-refractivity contribution in [2.45, 2.75) is 5.75 Å². The quantitative estimate of drug-likeness (QED) is 0.841. The van der Waals surface area contributed by atoms with Crippen LogP contribution in [0, 0.1) is 0 Å². The number of carbonyl (C=O) groups excluding carboxylic acids is 2. The largest absolute Gasteiger partial charge is 0.468 e. The molecule has 92 valence electrons. The third kappa shape index (κ3) is 3.78. The number of benzene rings is 1. The van der Waals surface area contributed by atoms with E-state index in [1.807, 2.05) is 6.07 Å². The van der Waals surface area contributed by atoms with Gasteiger partial charge in [0.2, 0.25) is 5.12 Å². The lowest BCUT2D eigenvalue weighted by atomic mass is 10.2. The summed E-state index contributed by atoms with van der Waals surface area (Å²) in [5.74, 6) is 1.17. The van der Waals surface area contributed by atoms with Crippen LogP contribution in [0.1, 0.15) is 16.1 Å². The van der Waals surface area contributed by atoms with E-state index in [1.165, 1.54) is 0 Å². The molecule has 1 heterocycles. The molecule has 0 saturated carbocycles. The highest BCUT2D eigenvalue weighted by Gasteiger charge is 2.13. The Labute approximate surface area is 113 Å². The Morgan fingerprint density at radius 1 is 1.06 bits per heavy atom. The zero-order valence-corrected chi connectivity index (χ0v) is 11.0. The van der Waals surface area contributed by atoms with Crippen molar-refractivity contribution in [1.82, 2.24) is 0 Å². The average Bonchev–Trinajstić information content (AvgIpc) is 2.90. The first-order valence-electron chi connectivity index (χ1n) is 5.22. The molecule has 0 amide bonds. The summed E-state index contributed by atoms with van der Waals surface area (Å²) in [6.07, 6.45) is 1.56. The average molecular weight is 278 g/mol. The first-order chi connectivity index (χ1) is 8.75. The fraction of sp³-hybridized carbons (Fsp3) is 0.0769. The molecule has 0 saturated heterocycles. The number of carbonyl (C=O) groups is 2. The van der Waals surface area contributed by atoms with Crippen LogP contribution in [0.15, 0.2) is 53.1 Å². The van der Waals surface area contributed by atoms with E-state index in [0.29, 0.717) is 11.3 Å². The van der Waals surface area contributed by atoms with Crippen molar-refractivity contribution in [3.8, 4) is 0 Å². The topological polar surface area (TPSA) is 47.3 Å². The van der Waals surface area contributed by atoms with Gasteiger partial charge in [-0.3, -0.25) is 9.59 Å². The Balaban J connectivity index is 1.83. The second kappa shape index (κ2) is 6.47. The summed E-state index contributed by atoms with van der Waals surface area (Å²) < 4.78 is 4.88. The molecule has 0 spiro atoms. The summed E-state index contributed by atoms with van der Waals surface area (Å²) in [4.78, 5) is 23.3. The summed E-state index contributed by atoms with van der Waals surface area (Å²) in [5, 5.41) is -0.229. The molecule has 0 aliphatic heterocycles. The standard InChI is InChI=1S/C13H10O3S2/c14-12(10-5-2-1-3-6-10)18-13(15)17-9-11-7-4-8-16-11/h1-8H,9H2. The molecule has 0 N–H and O–H groups in total. The molecule has 2 aromatic rings. The molecule has 18 heavy (non-hydrogen) atoms. The minimum Gasteiger partial charge on any atom is -0.468 e. The first kappa shape index (κ1) is 13.0. The van der Waals surface area contributed by atoms with E-state index in [0.717, 1.165) is 29.3 Å². The number of hydrogen-bond donors (Lipinski definition) is 0. The van der Waals surface area contributed by atoms with Crippen LogP contribution in [0.25, 0.3) is 0 Å². The van der Waals surface area contributed by atoms with E-state index in [1.54, 1.807) is 42.7 Å². The summed E-state index contributed by atoms with van der Waals surface area (Å²) in [6, 6.07) is 12.3. The zero-order chi connectivity index (χ0) is 12.8. The molecule has 0 fully saturated rings. The maximum Gasteiger partial charge on any atom is 0.254 e. The lowest BCUT2D eigenvalue weighted by Crippen LogP contribution is -1.96. The molecule has 0 aliphatic rings. The Bertz CT molecular complexity index is 520. The Morgan fingerprint density at radius 3 is 2.50 bits per heavy atom. The predicted octanol–water partition coefficient (Wildman–Crippen LogP) is 4.21. The van der Waals surface area contributed by atoms with Crippen LogP contribution in [0.5, 0.6) is 0 Å². The van der Waals surface area contributed by atoms with Gasteiger partial charge in [-0.25, -0.2) is 0 Å². The molecule has 2 rings (SSSR count). The van der Waals surface area contributed by atoms with Crippen LogP contribution in [-0.2, 0) is 5.75 Å². The number of hydrogen-bond acceptors (Lipinski definition) is 5. The van der Waals surface area contributed by atoms with Gasteiger partial charge >= 0.3 is 0 Å². The van der Waals surface area contributed by atoms with Gasteiger partial charge in [-0.1, -0.05) is 42.1 Å². The summed E-state index contributed by atoms with van der Waals surface area (Å²) in [5.41, 5.74) is 0.537. The lowest BCUT2D eigenvalue weighted by Gasteiger charge is -1.99. The van der Waals surface area contributed by atoms with Crippen molar-refractivity contribution < 1.29 is 14.0 Å². The highest BCUT2D eigenvalue weighted by molar-refractivity contribution is 8.44. The van der Waals surface area contributed by atoms with E-state index in [2.05, 4.69) is 0 Å². The molecule has 1 aromatic heterocycles. The van der Waals surface area contributed by atoms with E-state index in [9.17, 15) is 9.59 Å². The highest BCUT2D eigenvalue weighted by atomic mass is 32.2. The van der Waals surface area contributed by atoms with Gasteiger partial charge in [0.05, 0.1) is 12.0 Å². The smallest absolute Gasteiger partial charge is 0.254 e. The molecule has 3 nitrogen and oxygen atoms in total. The number of thioether (sulfide) groups is 2. The van der Waals surface area contributed by atoms with E-state index >= 15 is 0 Å². The van der Waals surface area contributed by atoms with Crippen LogP contribution in [0.2, 0.25) is 0 Å². The van der Waals surface area contributed by atoms with Gasteiger partial charge in [-0.15, -0.1) is 0 Å². The first-order valence-corrected chi connectivity index (χ1v) is 7.02. The van der Waals surface area contributed by atoms with E-state index in [4.69, 9.17) is 4.42 Å². The fourth-order valence-electron chi connectivity index (χ4n) is 1.26. The second-order valence-electron chi connectivity index (χ2n) is 3.37. The maximum absolute atomic E-state index is 11.7. The molecule has 0 unspecified atom stereocenters. The Morgan fingerprint density at radius 2 is 1.83 bits per heavy atom. The second-order valence-corrected chi connectivity index (χ2v) is 5.53. The monoisotopic (exact) mass is 278 g/mol. The van der Waals surface area contributed by atoms with Crippen molar-refractivity contribution in [3.63, 3.8) is 0 Å². The molecule has 0 radical (unpaired) electrons. The molecule has 0 aliphatic carbocycles. The van der Waals surface area contributed by atoms with Gasteiger partial charge in [0, 0.05) is 17.3 Å². The molecule has 5 heteroatoms. The molecular weight excluding hydrogens is 268 g/mol. The van der Waals surface area contributed by atoms with Crippen molar-refractivity contribution in [2.24, 2.45) is 0 Å². The zero-order valence-electron chi connectivity index (χ0n) is 9.37. The minimum absolute atomic E-state index is 0.222.